The zero-order chi connectivity index (χ0) is 16.9. The number of nitrogens with zero attached hydrogens (tertiary/aromatic N) is 5. The van der Waals surface area contributed by atoms with Crippen LogP contribution in [0, 0.1) is 0 Å². The molecule has 0 aliphatic carbocycles. The van der Waals surface area contributed by atoms with Crippen LogP contribution in [-0.4, -0.2) is 63.3 Å². The second kappa shape index (κ2) is 7.18. The van der Waals surface area contributed by atoms with Gasteiger partial charge in [-0.3, -0.25) is 9.78 Å². The van der Waals surface area contributed by atoms with E-state index >= 15 is 0 Å². The van der Waals surface area contributed by atoms with Gasteiger partial charge in [-0.15, -0.1) is 0 Å². The maximum absolute atomic E-state index is 12.1. The monoisotopic (exact) mass is 330 g/mol. The number of methoxy groups -OCH3 is 1. The Hall–Kier alpha value is -2.81. The van der Waals surface area contributed by atoms with Crippen LogP contribution in [0.3, 0.4) is 0 Å². The molecule has 1 aliphatic heterocycles. The van der Waals surface area contributed by atoms with Gasteiger partial charge in [0.1, 0.15) is 5.69 Å². The molecule has 0 radical (unpaired) electrons. The fourth-order valence-corrected chi connectivity index (χ4v) is 2.54. The van der Waals surface area contributed by atoms with Gasteiger partial charge < -0.3 is 20.1 Å². The van der Waals surface area contributed by atoms with Gasteiger partial charge in [-0.25, -0.2) is 9.97 Å². The van der Waals surface area contributed by atoms with Crippen molar-refractivity contribution in [3.8, 4) is 5.88 Å². The molecular weight excluding hydrogens is 312 g/mol. The molecule has 0 unspecified atom stereocenters. The second-order valence-corrected chi connectivity index (χ2v) is 5.37. The molecule has 126 valence electrons. The summed E-state index contributed by atoms with van der Waals surface area (Å²) in [5, 5.41) is 13.1. The molecule has 3 heterocycles. The van der Waals surface area contributed by atoms with Gasteiger partial charge in [-0.05, 0) is 6.42 Å². The number of hydrogen-bond acceptors (Lipinski definition) is 8. The van der Waals surface area contributed by atoms with Crippen LogP contribution in [0.15, 0.2) is 30.9 Å². The van der Waals surface area contributed by atoms with Crippen LogP contribution < -0.4 is 15.0 Å². The van der Waals surface area contributed by atoms with E-state index in [0.29, 0.717) is 31.3 Å². The normalized spacial score (nSPS) is 20.5. The summed E-state index contributed by atoms with van der Waals surface area (Å²) < 4.78 is 5.09. The number of piperidine rings is 1. The second-order valence-electron chi connectivity index (χ2n) is 5.37. The van der Waals surface area contributed by atoms with Crippen molar-refractivity contribution in [1.82, 2.24) is 25.3 Å². The molecule has 0 spiro atoms. The van der Waals surface area contributed by atoms with E-state index in [1.54, 1.807) is 12.3 Å². The zero-order valence-electron chi connectivity index (χ0n) is 13.2. The average molecular weight is 330 g/mol. The minimum Gasteiger partial charge on any atom is -0.481 e. The van der Waals surface area contributed by atoms with Crippen LogP contribution in [0.4, 0.5) is 5.95 Å². The molecule has 2 aromatic rings. The molecule has 1 fully saturated rings. The standard InChI is InChI=1S/C15H18N6O3/c1-24-13-2-4-18-15(20-13)21-7-3-10(12(22)9-21)19-14(23)11-8-16-5-6-17-11/h2,4-6,8,10,12,22H,3,7,9H2,1H3,(H,19,23)/t10-,12-/m1/s1. The van der Waals surface area contributed by atoms with Crippen molar-refractivity contribution >= 4 is 11.9 Å². The zero-order valence-corrected chi connectivity index (χ0v) is 13.2. The number of nitrogens with one attached hydrogen (secondary N) is 1. The first kappa shape index (κ1) is 16.1. The maximum Gasteiger partial charge on any atom is 0.271 e. The number of anilines is 1. The van der Waals surface area contributed by atoms with E-state index in [4.69, 9.17) is 4.74 Å². The Morgan fingerprint density at radius 2 is 2.25 bits per heavy atom. The number of hydrogen-bond donors (Lipinski definition) is 2. The van der Waals surface area contributed by atoms with Crippen LogP contribution in [0.1, 0.15) is 16.9 Å². The highest BCUT2D eigenvalue weighted by atomic mass is 16.5. The summed E-state index contributed by atoms with van der Waals surface area (Å²) >= 11 is 0. The van der Waals surface area contributed by atoms with Gasteiger partial charge >= 0.3 is 0 Å². The van der Waals surface area contributed by atoms with Crippen LogP contribution in [0.25, 0.3) is 0 Å². The fourth-order valence-electron chi connectivity index (χ4n) is 2.54. The van der Waals surface area contributed by atoms with Crippen molar-refractivity contribution in [2.24, 2.45) is 0 Å². The smallest absolute Gasteiger partial charge is 0.271 e. The van der Waals surface area contributed by atoms with E-state index in [2.05, 4.69) is 25.3 Å². The average Bonchev–Trinajstić information content (AvgIpc) is 2.64. The Kier molecular flexibility index (Phi) is 4.80. The van der Waals surface area contributed by atoms with Crippen molar-refractivity contribution < 1.29 is 14.6 Å². The highest BCUT2D eigenvalue weighted by Gasteiger charge is 2.30. The lowest BCUT2D eigenvalue weighted by Gasteiger charge is -2.36. The van der Waals surface area contributed by atoms with Gasteiger partial charge in [-0.2, -0.15) is 4.98 Å². The summed E-state index contributed by atoms with van der Waals surface area (Å²) in [6, 6.07) is 1.30. The minimum absolute atomic E-state index is 0.225. The summed E-state index contributed by atoms with van der Waals surface area (Å²) in [4.78, 5) is 30.2. The predicted molar refractivity (Wildman–Crippen MR) is 84.7 cm³/mol. The first-order chi connectivity index (χ1) is 11.7. The molecule has 0 saturated carbocycles. The Balaban J connectivity index is 1.62. The molecule has 0 bridgehead atoms. The van der Waals surface area contributed by atoms with Crippen molar-refractivity contribution in [2.45, 2.75) is 18.6 Å². The Morgan fingerprint density at radius 1 is 1.38 bits per heavy atom. The van der Waals surface area contributed by atoms with Crippen LogP contribution in [0.2, 0.25) is 0 Å². The maximum atomic E-state index is 12.1. The van der Waals surface area contributed by atoms with Crippen molar-refractivity contribution in [3.63, 3.8) is 0 Å². The third-order valence-electron chi connectivity index (χ3n) is 3.80. The van der Waals surface area contributed by atoms with E-state index in [0.717, 1.165) is 0 Å². The number of rotatable bonds is 4. The predicted octanol–water partition coefficient (Wildman–Crippen LogP) is -0.355. The highest BCUT2D eigenvalue weighted by molar-refractivity contribution is 5.92. The van der Waals surface area contributed by atoms with E-state index in [9.17, 15) is 9.90 Å². The number of aromatic nitrogens is 4. The quantitative estimate of drug-likeness (QED) is 0.782. The van der Waals surface area contributed by atoms with Gasteiger partial charge in [0.05, 0.1) is 25.5 Å². The Labute approximate surface area is 138 Å². The number of amides is 1. The van der Waals surface area contributed by atoms with Crippen LogP contribution >= 0.6 is 0 Å². The van der Waals surface area contributed by atoms with Crippen LogP contribution in [-0.2, 0) is 0 Å². The molecule has 1 amide bonds. The van der Waals surface area contributed by atoms with Crippen molar-refractivity contribution in [3.05, 3.63) is 36.5 Å². The Morgan fingerprint density at radius 3 is 2.96 bits per heavy atom. The fraction of sp³-hybridized carbons (Fsp3) is 0.400. The lowest BCUT2D eigenvalue weighted by atomic mass is 10.0. The van der Waals surface area contributed by atoms with E-state index in [1.807, 2.05) is 4.90 Å². The van der Waals surface area contributed by atoms with Crippen molar-refractivity contribution in [1.29, 1.82) is 0 Å². The molecule has 1 aliphatic rings. The van der Waals surface area contributed by atoms with Gasteiger partial charge in [-0.1, -0.05) is 0 Å². The molecule has 9 heteroatoms. The first-order valence-electron chi connectivity index (χ1n) is 7.54. The molecule has 9 nitrogen and oxygen atoms in total. The molecule has 24 heavy (non-hydrogen) atoms. The van der Waals surface area contributed by atoms with E-state index in [-0.39, 0.29) is 17.6 Å². The largest absolute Gasteiger partial charge is 0.481 e. The lowest BCUT2D eigenvalue weighted by Crippen LogP contribution is -2.54. The number of aliphatic hydroxyl groups is 1. The number of ether oxygens (including phenoxy) is 1. The third kappa shape index (κ3) is 3.57. The molecule has 2 N–H and O–H groups in total. The van der Waals surface area contributed by atoms with Gasteiger partial charge in [0.15, 0.2) is 0 Å². The first-order valence-corrected chi connectivity index (χ1v) is 7.54. The summed E-state index contributed by atoms with van der Waals surface area (Å²) in [7, 11) is 1.54. The summed E-state index contributed by atoms with van der Waals surface area (Å²) in [5.74, 6) is 0.609. The van der Waals surface area contributed by atoms with Gasteiger partial charge in [0.25, 0.3) is 5.91 Å². The number of carbonyl (C=O) groups is 1. The van der Waals surface area contributed by atoms with Gasteiger partial charge in [0, 0.05) is 37.7 Å². The molecular formula is C15H18N6O3. The lowest BCUT2D eigenvalue weighted by molar-refractivity contribution is 0.0792. The van der Waals surface area contributed by atoms with Crippen LogP contribution in [0.5, 0.6) is 5.88 Å². The Bertz CT molecular complexity index is 699. The van der Waals surface area contributed by atoms with Crippen molar-refractivity contribution in [2.75, 3.05) is 25.1 Å². The summed E-state index contributed by atoms with van der Waals surface area (Å²) in [6.07, 6.45) is 5.77. The molecule has 1 saturated heterocycles. The SMILES string of the molecule is COc1ccnc(N2CC[C@@H](NC(=O)c3cnccn3)[C@H](O)C2)n1. The number of β-amino-alcohol motifs (C(OH)–C–C–N with tert-alkyl or cyclic N) is 1. The highest BCUT2D eigenvalue weighted by Crippen LogP contribution is 2.18. The summed E-state index contributed by atoms with van der Waals surface area (Å²) in [6.45, 7) is 0.925. The van der Waals surface area contributed by atoms with E-state index < -0.39 is 6.10 Å². The van der Waals surface area contributed by atoms with Gasteiger partial charge in [0.2, 0.25) is 11.8 Å². The molecule has 3 rings (SSSR count). The summed E-state index contributed by atoms with van der Waals surface area (Å²) in [5.41, 5.74) is 0.225. The van der Waals surface area contributed by atoms with E-state index in [1.165, 1.54) is 25.7 Å². The topological polar surface area (TPSA) is 113 Å². The number of aliphatic hydroxyl groups excluding tert-OH is 1. The number of carbonyl (C=O) groups excluding carboxylic acids is 1. The molecule has 2 atom stereocenters. The molecule has 0 aromatic carbocycles. The minimum atomic E-state index is -0.742. The molecule has 2 aromatic heterocycles. The third-order valence-corrected chi connectivity index (χ3v) is 3.80.